The quantitative estimate of drug-likeness (QED) is 0.261. The lowest BCUT2D eigenvalue weighted by molar-refractivity contribution is -0.384. The highest BCUT2D eigenvalue weighted by molar-refractivity contribution is 7.20. The maximum Gasteiger partial charge on any atom is 0.409 e. The number of benzene rings is 1. The van der Waals surface area contributed by atoms with Gasteiger partial charge in [0, 0.05) is 24.6 Å². The molecule has 0 saturated heterocycles. The van der Waals surface area contributed by atoms with Crippen molar-refractivity contribution in [1.29, 1.82) is 0 Å². The highest BCUT2D eigenvalue weighted by Crippen LogP contribution is 2.31. The molecule has 12 heteroatoms. The van der Waals surface area contributed by atoms with Crippen molar-refractivity contribution in [3.05, 3.63) is 68.5 Å². The molecule has 1 aromatic carbocycles. The van der Waals surface area contributed by atoms with Crippen molar-refractivity contribution < 1.29 is 19.2 Å². The number of nitrogens with zero attached hydrogens (tertiary/aromatic N) is 4. The van der Waals surface area contributed by atoms with Crippen molar-refractivity contribution in [3.8, 4) is 9.88 Å². The minimum Gasteiger partial charge on any atom is -0.453 e. The van der Waals surface area contributed by atoms with Gasteiger partial charge in [-0.2, -0.15) is 0 Å². The van der Waals surface area contributed by atoms with Crippen LogP contribution in [0.1, 0.15) is 30.1 Å². The first kappa shape index (κ1) is 28.2. The molecule has 0 aliphatic heterocycles. The largest absolute Gasteiger partial charge is 0.453 e. The molecule has 3 aromatic rings. The fourth-order valence-electron chi connectivity index (χ4n) is 3.82. The number of carbonyl (C=O) groups is 2. The molecule has 0 aliphatic carbocycles. The first-order valence-corrected chi connectivity index (χ1v) is 13.4. The maximum atomic E-state index is 13.5. The Morgan fingerprint density at radius 3 is 2.49 bits per heavy atom. The minimum atomic E-state index is -0.734. The first-order valence-electron chi connectivity index (χ1n) is 11.7. The van der Waals surface area contributed by atoms with Gasteiger partial charge < -0.3 is 15.0 Å². The van der Waals surface area contributed by atoms with Gasteiger partial charge in [0.05, 0.1) is 28.6 Å². The molecule has 3 rings (SSSR count). The van der Waals surface area contributed by atoms with E-state index in [1.807, 2.05) is 41.9 Å². The van der Waals surface area contributed by atoms with Crippen molar-refractivity contribution in [3.63, 3.8) is 0 Å². The van der Waals surface area contributed by atoms with Crippen LogP contribution in [0.4, 0.5) is 10.5 Å². The summed E-state index contributed by atoms with van der Waals surface area (Å²) in [5.74, 6) is -0.316. The van der Waals surface area contributed by atoms with Crippen LogP contribution in [0.2, 0.25) is 0 Å². The number of amides is 2. The van der Waals surface area contributed by atoms with Crippen LogP contribution in [0.5, 0.6) is 0 Å². The molecule has 2 atom stereocenters. The van der Waals surface area contributed by atoms with Crippen LogP contribution in [0.3, 0.4) is 0 Å². The number of hydrogen-bond donors (Lipinski definition) is 1. The number of nitro benzene ring substituents is 1. The first-order chi connectivity index (χ1) is 17.7. The SMILES string of the molecule is COC(=O)N(C)C(CCCN(C)C)C(=O)N[C@@H](Cc1ccc([N+](=O)[O-])cc1)c1csc(-c2cccs2)n1. The van der Waals surface area contributed by atoms with E-state index in [0.717, 1.165) is 22.0 Å². The van der Waals surface area contributed by atoms with E-state index in [2.05, 4.69) is 5.32 Å². The van der Waals surface area contributed by atoms with Gasteiger partial charge in [-0.05, 0) is 56.9 Å². The summed E-state index contributed by atoms with van der Waals surface area (Å²) in [4.78, 5) is 45.6. The van der Waals surface area contributed by atoms with E-state index in [0.29, 0.717) is 25.0 Å². The standard InChI is InChI=1S/C25H31N5O5S2/c1-28(2)13-5-7-21(29(3)25(32)35-4)23(31)26-19(15-17-9-11-18(12-10-17)30(33)34)20-16-37-24(27-20)22-8-6-14-36-22/h6,8-12,14,16,19,21H,5,7,13,15H2,1-4H3,(H,26,31)/t19-,21?/m0/s1. The zero-order valence-electron chi connectivity index (χ0n) is 21.2. The average molecular weight is 546 g/mol. The monoisotopic (exact) mass is 545 g/mol. The van der Waals surface area contributed by atoms with Gasteiger partial charge in [-0.1, -0.05) is 18.2 Å². The third kappa shape index (κ3) is 7.81. The molecular formula is C25H31N5O5S2. The molecule has 0 fully saturated rings. The van der Waals surface area contributed by atoms with Crippen LogP contribution in [0.25, 0.3) is 9.88 Å². The van der Waals surface area contributed by atoms with Crippen molar-refractivity contribution in [2.24, 2.45) is 0 Å². The van der Waals surface area contributed by atoms with Crippen LogP contribution in [-0.2, 0) is 16.0 Å². The molecule has 0 bridgehead atoms. The third-order valence-electron chi connectivity index (χ3n) is 5.83. The predicted octanol–water partition coefficient (Wildman–Crippen LogP) is 4.59. The number of thiophene rings is 1. The number of hydrogen-bond acceptors (Lipinski definition) is 9. The van der Waals surface area contributed by atoms with Gasteiger partial charge in [-0.25, -0.2) is 9.78 Å². The number of nitro groups is 1. The number of carbonyl (C=O) groups excluding carboxylic acids is 2. The molecule has 1 unspecified atom stereocenters. The fraction of sp³-hybridized carbons (Fsp3) is 0.400. The molecule has 2 amide bonds. The number of likely N-dealkylation sites (N-methyl/N-ethyl adjacent to an activating group) is 1. The zero-order valence-corrected chi connectivity index (χ0v) is 22.9. The van der Waals surface area contributed by atoms with E-state index in [1.54, 1.807) is 30.5 Å². The molecule has 0 saturated carbocycles. The Bertz CT molecular complexity index is 1180. The van der Waals surface area contributed by atoms with Crippen molar-refractivity contribution >= 4 is 40.4 Å². The second-order valence-corrected chi connectivity index (χ2v) is 10.6. The lowest BCUT2D eigenvalue weighted by atomic mass is 10.0. The molecule has 0 radical (unpaired) electrons. The number of thiazole rings is 1. The summed E-state index contributed by atoms with van der Waals surface area (Å²) in [6.45, 7) is 0.765. The number of aromatic nitrogens is 1. The second kappa shape index (κ2) is 13.3. The van der Waals surface area contributed by atoms with E-state index in [1.165, 1.54) is 35.5 Å². The third-order valence-corrected chi connectivity index (χ3v) is 7.73. The van der Waals surface area contributed by atoms with E-state index < -0.39 is 23.1 Å². The average Bonchev–Trinajstić information content (AvgIpc) is 3.58. The van der Waals surface area contributed by atoms with Crippen molar-refractivity contribution in [2.75, 3.05) is 34.8 Å². The molecule has 0 aliphatic rings. The Balaban J connectivity index is 1.87. The van der Waals surface area contributed by atoms with E-state index in [4.69, 9.17) is 9.72 Å². The molecule has 1 N–H and O–H groups in total. The molecule has 2 heterocycles. The molecule has 2 aromatic heterocycles. The van der Waals surface area contributed by atoms with Crippen molar-refractivity contribution in [1.82, 2.24) is 20.1 Å². The Morgan fingerprint density at radius 1 is 1.16 bits per heavy atom. The van der Waals surface area contributed by atoms with Gasteiger partial charge in [0.25, 0.3) is 5.69 Å². The van der Waals surface area contributed by atoms with E-state index in [9.17, 15) is 19.7 Å². The number of rotatable bonds is 12. The molecular weight excluding hydrogens is 514 g/mol. The summed E-state index contributed by atoms with van der Waals surface area (Å²) in [5.41, 5.74) is 1.50. The van der Waals surface area contributed by atoms with E-state index in [-0.39, 0.29) is 11.6 Å². The van der Waals surface area contributed by atoms with Gasteiger partial charge in [-0.3, -0.25) is 19.8 Å². The van der Waals surface area contributed by atoms with Crippen molar-refractivity contribution in [2.45, 2.75) is 31.3 Å². The van der Waals surface area contributed by atoms with Gasteiger partial charge in [-0.15, -0.1) is 22.7 Å². The molecule has 10 nitrogen and oxygen atoms in total. The van der Waals surface area contributed by atoms with Crippen LogP contribution in [-0.4, -0.2) is 72.5 Å². The van der Waals surface area contributed by atoms with Crippen LogP contribution < -0.4 is 5.32 Å². The topological polar surface area (TPSA) is 118 Å². The number of ether oxygens (including phenoxy) is 1. The Labute approximate surface area is 224 Å². The normalized spacial score (nSPS) is 12.7. The minimum absolute atomic E-state index is 0.00126. The van der Waals surface area contributed by atoms with Crippen LogP contribution in [0, 0.1) is 10.1 Å². The maximum absolute atomic E-state index is 13.5. The summed E-state index contributed by atoms with van der Waals surface area (Å²) in [7, 11) is 6.74. The van der Waals surface area contributed by atoms with E-state index >= 15 is 0 Å². The summed E-state index contributed by atoms with van der Waals surface area (Å²) < 4.78 is 4.86. The molecule has 0 spiro atoms. The van der Waals surface area contributed by atoms with Gasteiger partial charge in [0.1, 0.15) is 11.0 Å². The second-order valence-electron chi connectivity index (χ2n) is 8.79. The number of non-ortho nitro benzene ring substituents is 1. The van der Waals surface area contributed by atoms with Crippen LogP contribution in [0.15, 0.2) is 47.2 Å². The van der Waals surface area contributed by atoms with Gasteiger partial charge >= 0.3 is 6.09 Å². The number of methoxy groups -OCH3 is 1. The molecule has 198 valence electrons. The summed E-state index contributed by atoms with van der Waals surface area (Å²) in [6.07, 6.45) is 0.949. The van der Waals surface area contributed by atoms with Gasteiger partial charge in [0.15, 0.2) is 0 Å². The Hall–Kier alpha value is -3.35. The fourth-order valence-corrected chi connectivity index (χ4v) is 5.51. The summed E-state index contributed by atoms with van der Waals surface area (Å²) in [5, 5.41) is 18.9. The zero-order chi connectivity index (χ0) is 26.9. The Morgan fingerprint density at radius 2 is 1.89 bits per heavy atom. The lowest BCUT2D eigenvalue weighted by Gasteiger charge is -2.28. The smallest absolute Gasteiger partial charge is 0.409 e. The van der Waals surface area contributed by atoms with Crippen LogP contribution >= 0.6 is 22.7 Å². The molecule has 37 heavy (non-hydrogen) atoms. The summed E-state index contributed by atoms with van der Waals surface area (Å²) >= 11 is 3.07. The Kier molecular flexibility index (Phi) is 10.1. The number of nitrogens with one attached hydrogen (secondary N) is 1. The van der Waals surface area contributed by atoms with Gasteiger partial charge in [0.2, 0.25) is 5.91 Å². The lowest BCUT2D eigenvalue weighted by Crippen LogP contribution is -2.49. The highest BCUT2D eigenvalue weighted by Gasteiger charge is 2.30. The predicted molar refractivity (Wildman–Crippen MR) is 145 cm³/mol. The highest BCUT2D eigenvalue weighted by atomic mass is 32.1. The summed E-state index contributed by atoms with van der Waals surface area (Å²) in [6, 6.07) is 8.96.